The van der Waals surface area contributed by atoms with E-state index in [1.807, 2.05) is 16.8 Å². The molecule has 5 nitrogen and oxygen atoms in total. The first-order valence-electron chi connectivity index (χ1n) is 8.58. The smallest absolute Gasteiger partial charge is 0.289 e. The van der Waals surface area contributed by atoms with Crippen LogP contribution in [0.2, 0.25) is 0 Å². The Labute approximate surface area is 147 Å². The molecule has 2 aliphatic carbocycles. The Bertz CT molecular complexity index is 1060. The van der Waals surface area contributed by atoms with Crippen LogP contribution in [0.15, 0.2) is 30.5 Å². The molecule has 25 heavy (non-hydrogen) atoms. The lowest BCUT2D eigenvalue weighted by Gasteiger charge is -2.32. The van der Waals surface area contributed by atoms with Crippen LogP contribution in [0.3, 0.4) is 0 Å². The Kier molecular flexibility index (Phi) is 2.70. The van der Waals surface area contributed by atoms with Crippen LogP contribution in [0.25, 0.3) is 16.4 Å². The standard InChI is InChI=1S/C19H23BN4O/c1-18(2)13-8-9-19(18,3)15(25)14(13)16-22-24(20)17-12-7-5-4-6-11(12)10-21-23(16)17/h4-7,10,13-14H,8-9H2,1-3,20H3/t13?,14-,19?/m0/s1. The third-order valence-corrected chi connectivity index (χ3v) is 6.99. The second-order valence-electron chi connectivity index (χ2n) is 8.07. The van der Waals surface area contributed by atoms with Crippen LogP contribution >= 0.6 is 0 Å². The van der Waals surface area contributed by atoms with Crippen molar-refractivity contribution in [3.8, 4) is 0 Å². The number of hydrogen-bond acceptors (Lipinski definition) is 3. The van der Waals surface area contributed by atoms with Gasteiger partial charge >= 0.3 is 0 Å². The largest absolute Gasteiger partial charge is 0.336 e. The highest BCUT2D eigenvalue weighted by Crippen LogP contribution is 2.67. The van der Waals surface area contributed by atoms with Crippen LogP contribution in [0.4, 0.5) is 0 Å². The Morgan fingerprint density at radius 3 is 2.76 bits per heavy atom. The maximum absolute atomic E-state index is 13.4. The van der Waals surface area contributed by atoms with Gasteiger partial charge in [-0.2, -0.15) is 0 Å². The Morgan fingerprint density at radius 2 is 2.04 bits per heavy atom. The van der Waals surface area contributed by atoms with E-state index in [4.69, 9.17) is 5.10 Å². The molecular weight excluding hydrogens is 311 g/mol. The number of fused-ring (bicyclic) bond motifs is 5. The van der Waals surface area contributed by atoms with E-state index in [0.29, 0.717) is 11.7 Å². The molecule has 2 aromatic heterocycles. The van der Waals surface area contributed by atoms with E-state index >= 15 is 0 Å². The fraction of sp³-hybridized carbons (Fsp3) is 0.474. The SMILES string of the molecule is [BH3-][n+]1nc([C@@H]2C(=O)C3(C)CCC2C3(C)C)n2ncc3ccccc3c21. The summed E-state index contributed by atoms with van der Waals surface area (Å²) in [6, 6.07) is 8.31. The molecule has 2 heterocycles. The minimum atomic E-state index is -0.226. The van der Waals surface area contributed by atoms with E-state index in [0.717, 1.165) is 29.7 Å². The molecule has 0 amide bonds. The van der Waals surface area contributed by atoms with E-state index in [9.17, 15) is 4.79 Å². The first kappa shape index (κ1) is 15.1. The van der Waals surface area contributed by atoms with E-state index in [1.54, 1.807) is 0 Å². The number of nitrogens with zero attached hydrogens (tertiary/aromatic N) is 4. The molecule has 2 unspecified atom stereocenters. The summed E-state index contributed by atoms with van der Waals surface area (Å²) in [5.74, 6) is 1.48. The van der Waals surface area contributed by atoms with E-state index in [2.05, 4.69) is 48.7 Å². The molecule has 0 spiro atoms. The van der Waals surface area contributed by atoms with E-state index in [1.165, 1.54) is 5.39 Å². The molecule has 2 fully saturated rings. The summed E-state index contributed by atoms with van der Waals surface area (Å²) in [5, 5.41) is 11.9. The molecule has 5 rings (SSSR count). The lowest BCUT2D eigenvalue weighted by atomic mass is 9.70. The number of carbonyl (C=O) groups is 1. The predicted octanol–water partition coefficient (Wildman–Crippen LogP) is 1.41. The second kappa shape index (κ2) is 4.48. The topological polar surface area (TPSA) is 51.1 Å². The van der Waals surface area contributed by atoms with Gasteiger partial charge < -0.3 is 4.59 Å². The summed E-state index contributed by atoms with van der Waals surface area (Å²) in [6.45, 7) is 6.70. The van der Waals surface area contributed by atoms with Gasteiger partial charge in [0.2, 0.25) is 0 Å². The molecule has 1 aromatic carbocycles. The van der Waals surface area contributed by atoms with Crippen molar-refractivity contribution in [1.82, 2.24) is 14.7 Å². The van der Waals surface area contributed by atoms with Crippen molar-refractivity contribution >= 4 is 30.2 Å². The average molecular weight is 334 g/mol. The zero-order chi connectivity index (χ0) is 17.6. The molecule has 0 saturated heterocycles. The van der Waals surface area contributed by atoms with Crippen molar-refractivity contribution in [2.75, 3.05) is 0 Å². The first-order valence-corrected chi connectivity index (χ1v) is 8.58. The number of aromatic nitrogens is 4. The van der Waals surface area contributed by atoms with Crippen molar-refractivity contribution in [1.29, 1.82) is 0 Å². The van der Waals surface area contributed by atoms with Crippen molar-refractivity contribution in [3.63, 3.8) is 0 Å². The minimum Gasteiger partial charge on any atom is -0.336 e. The van der Waals surface area contributed by atoms with Crippen LogP contribution in [0.5, 0.6) is 0 Å². The monoisotopic (exact) mass is 334 g/mol. The summed E-state index contributed by atoms with van der Waals surface area (Å²) in [4.78, 5) is 13.4. The van der Waals surface area contributed by atoms with Crippen LogP contribution in [0, 0.1) is 16.7 Å². The molecule has 2 aliphatic rings. The van der Waals surface area contributed by atoms with Crippen LogP contribution in [-0.4, -0.2) is 28.5 Å². The fourth-order valence-electron chi connectivity index (χ4n) is 5.08. The lowest BCUT2D eigenvalue weighted by molar-refractivity contribution is -0.560. The van der Waals surface area contributed by atoms with Crippen LogP contribution in [-0.2, 0) is 4.79 Å². The molecule has 2 bridgehead atoms. The Balaban J connectivity index is 1.78. The van der Waals surface area contributed by atoms with E-state index < -0.39 is 0 Å². The molecule has 3 atom stereocenters. The molecule has 6 heteroatoms. The molecule has 0 N–H and O–H groups in total. The van der Waals surface area contributed by atoms with Crippen molar-refractivity contribution in [2.45, 2.75) is 39.5 Å². The highest BCUT2D eigenvalue weighted by atomic mass is 16.1. The van der Waals surface area contributed by atoms with Gasteiger partial charge in [-0.3, -0.25) is 4.79 Å². The summed E-state index contributed by atoms with van der Waals surface area (Å²) in [7, 11) is -0.181. The predicted molar refractivity (Wildman–Crippen MR) is 98.4 cm³/mol. The minimum absolute atomic E-state index is 0.0303. The number of carbonyl (C=O) groups excluding carboxylic acids is 1. The van der Waals surface area contributed by atoms with Crippen LogP contribution < -0.4 is 4.59 Å². The van der Waals surface area contributed by atoms with Gasteiger partial charge in [-0.25, -0.2) is 0 Å². The Morgan fingerprint density at radius 1 is 1.28 bits per heavy atom. The van der Waals surface area contributed by atoms with Crippen LogP contribution in [0.1, 0.15) is 45.4 Å². The zero-order valence-electron chi connectivity index (χ0n) is 14.2. The number of benzene rings is 1. The highest BCUT2D eigenvalue weighted by molar-refractivity contribution is 6.00. The molecule has 2 saturated carbocycles. The second-order valence-corrected chi connectivity index (χ2v) is 8.07. The van der Waals surface area contributed by atoms with Crippen molar-refractivity contribution in [2.24, 2.45) is 16.7 Å². The Hall–Kier alpha value is -2.24. The summed E-state index contributed by atoms with van der Waals surface area (Å²) in [6.07, 6.45) is 4.02. The molecule has 128 valence electrons. The number of Topliss-reactive ketones (excluding diaryl/α,β-unsaturated/α-hetero) is 1. The highest BCUT2D eigenvalue weighted by Gasteiger charge is 2.68. The molecule has 0 radical (unpaired) electrons. The average Bonchev–Trinajstić information content (AvgIpc) is 3.09. The van der Waals surface area contributed by atoms with Gasteiger partial charge in [0.05, 0.1) is 11.6 Å². The first-order chi connectivity index (χ1) is 11.9. The third kappa shape index (κ3) is 1.61. The van der Waals surface area contributed by atoms with E-state index in [-0.39, 0.29) is 24.7 Å². The fourth-order valence-corrected chi connectivity index (χ4v) is 5.08. The van der Waals surface area contributed by atoms with Gasteiger partial charge in [0.1, 0.15) is 5.92 Å². The van der Waals surface area contributed by atoms with Gasteiger partial charge in [0.25, 0.3) is 11.5 Å². The number of ketones is 1. The zero-order valence-corrected chi connectivity index (χ0v) is 14.2. The molecule has 0 aliphatic heterocycles. The van der Waals surface area contributed by atoms with Gasteiger partial charge in [-0.15, -0.1) is 0 Å². The van der Waals surface area contributed by atoms with Crippen molar-refractivity contribution in [3.05, 3.63) is 36.3 Å². The maximum Gasteiger partial charge on any atom is 0.289 e. The summed E-state index contributed by atoms with van der Waals surface area (Å²) in [5.41, 5.74) is 0.866. The van der Waals surface area contributed by atoms with Crippen molar-refractivity contribution < 1.29 is 9.39 Å². The van der Waals surface area contributed by atoms with Gasteiger partial charge in [-0.05, 0) is 30.2 Å². The maximum atomic E-state index is 13.4. The number of rotatable bonds is 1. The molecule has 3 aromatic rings. The summed E-state index contributed by atoms with van der Waals surface area (Å²) < 4.78 is 4.08. The lowest BCUT2D eigenvalue weighted by Crippen LogP contribution is -2.35. The third-order valence-electron chi connectivity index (χ3n) is 6.99. The molecular formula is C19H23BN4O. The number of hydrogen-bond donors (Lipinski definition) is 0. The summed E-state index contributed by atoms with van der Waals surface area (Å²) >= 11 is 0. The van der Waals surface area contributed by atoms with Gasteiger partial charge in [-0.1, -0.05) is 53.7 Å². The normalized spacial score (nSPS) is 30.6. The van der Waals surface area contributed by atoms with Gasteiger partial charge in [0.15, 0.2) is 13.8 Å². The quantitative estimate of drug-likeness (QED) is 0.632. The van der Waals surface area contributed by atoms with Gasteiger partial charge in [0, 0.05) is 10.8 Å².